The molecule has 1 heterocycles. The van der Waals surface area contributed by atoms with Crippen molar-refractivity contribution in [2.75, 3.05) is 11.9 Å². The molecule has 20 heavy (non-hydrogen) atoms. The number of carbonyl (C=O) groups is 1. The number of para-hydroxylation sites is 1. The molecular formula is C16H17N3O. The van der Waals surface area contributed by atoms with E-state index >= 15 is 0 Å². The van der Waals surface area contributed by atoms with E-state index in [0.29, 0.717) is 5.56 Å². The molecule has 0 spiro atoms. The van der Waals surface area contributed by atoms with Gasteiger partial charge in [0.1, 0.15) is 0 Å². The highest BCUT2D eigenvalue weighted by molar-refractivity contribution is 5.99. The molecule has 102 valence electrons. The number of hydrogen-bond acceptors (Lipinski definition) is 3. The number of carbonyl (C=O) groups excluding carboxylic acids is 1. The van der Waals surface area contributed by atoms with Gasteiger partial charge in [-0.25, -0.2) is 0 Å². The quantitative estimate of drug-likeness (QED) is 0.798. The largest absolute Gasteiger partial charge is 0.366 e. The summed E-state index contributed by atoms with van der Waals surface area (Å²) in [5.74, 6) is -0.417. The van der Waals surface area contributed by atoms with Crippen LogP contribution in [0, 0.1) is 0 Å². The second kappa shape index (κ2) is 5.35. The summed E-state index contributed by atoms with van der Waals surface area (Å²) < 4.78 is 0. The molecule has 0 fully saturated rings. The lowest BCUT2D eigenvalue weighted by Crippen LogP contribution is -2.24. The van der Waals surface area contributed by atoms with Crippen LogP contribution in [0.2, 0.25) is 0 Å². The molecular weight excluding hydrogens is 250 g/mol. The molecule has 0 aliphatic carbocycles. The van der Waals surface area contributed by atoms with Gasteiger partial charge < -0.3 is 16.4 Å². The molecule has 0 bridgehead atoms. The van der Waals surface area contributed by atoms with E-state index in [1.54, 1.807) is 6.07 Å². The monoisotopic (exact) mass is 267 g/mol. The summed E-state index contributed by atoms with van der Waals surface area (Å²) in [5.41, 5.74) is 10.4. The van der Waals surface area contributed by atoms with Gasteiger partial charge in [-0.3, -0.25) is 4.79 Å². The lowest BCUT2D eigenvalue weighted by Gasteiger charge is -2.21. The first-order chi connectivity index (χ1) is 9.75. The zero-order chi connectivity index (χ0) is 13.9. The smallest absolute Gasteiger partial charge is 0.250 e. The highest BCUT2D eigenvalue weighted by Crippen LogP contribution is 2.27. The summed E-state index contributed by atoms with van der Waals surface area (Å²) in [6.45, 7) is 1.87. The second-order valence-corrected chi connectivity index (χ2v) is 4.90. The molecule has 0 radical (unpaired) electrons. The van der Waals surface area contributed by atoms with Gasteiger partial charge in [0, 0.05) is 12.2 Å². The number of nitrogens with two attached hydrogens (primary N) is 1. The molecule has 0 atom stereocenters. The van der Waals surface area contributed by atoms with Crippen molar-refractivity contribution in [3.63, 3.8) is 0 Å². The first-order valence-electron chi connectivity index (χ1n) is 6.73. The van der Waals surface area contributed by atoms with Crippen molar-refractivity contribution in [1.82, 2.24) is 5.32 Å². The third-order valence-electron chi connectivity index (χ3n) is 3.60. The van der Waals surface area contributed by atoms with E-state index in [2.05, 4.69) is 16.7 Å². The van der Waals surface area contributed by atoms with Crippen LogP contribution in [0.3, 0.4) is 0 Å². The van der Waals surface area contributed by atoms with Crippen LogP contribution in [0.1, 0.15) is 21.5 Å². The Hall–Kier alpha value is -2.33. The Morgan fingerprint density at radius 3 is 2.75 bits per heavy atom. The Labute approximate surface area is 118 Å². The van der Waals surface area contributed by atoms with Crippen molar-refractivity contribution in [2.24, 2.45) is 5.73 Å². The predicted octanol–water partition coefficient (Wildman–Crippen LogP) is 2.17. The van der Waals surface area contributed by atoms with E-state index in [1.165, 1.54) is 11.1 Å². The molecule has 0 saturated heterocycles. The lowest BCUT2D eigenvalue weighted by atomic mass is 9.98. The van der Waals surface area contributed by atoms with Crippen LogP contribution in [-0.4, -0.2) is 12.5 Å². The van der Waals surface area contributed by atoms with E-state index in [0.717, 1.165) is 30.9 Å². The number of fused-ring (bicyclic) bond motifs is 1. The molecule has 1 aliphatic heterocycles. The van der Waals surface area contributed by atoms with Crippen LogP contribution < -0.4 is 16.4 Å². The maximum atomic E-state index is 11.5. The minimum atomic E-state index is -0.417. The Morgan fingerprint density at radius 1 is 1.10 bits per heavy atom. The summed E-state index contributed by atoms with van der Waals surface area (Å²) in [5, 5.41) is 6.71. The molecule has 1 amide bonds. The Morgan fingerprint density at radius 2 is 1.90 bits per heavy atom. The fourth-order valence-electron chi connectivity index (χ4n) is 2.60. The van der Waals surface area contributed by atoms with E-state index in [9.17, 15) is 4.79 Å². The number of nitrogens with one attached hydrogen (secondary N) is 2. The summed E-state index contributed by atoms with van der Waals surface area (Å²) >= 11 is 0. The average Bonchev–Trinajstić information content (AvgIpc) is 2.48. The van der Waals surface area contributed by atoms with Crippen LogP contribution in [0.15, 0.2) is 42.5 Å². The third kappa shape index (κ3) is 2.38. The zero-order valence-electron chi connectivity index (χ0n) is 11.1. The van der Waals surface area contributed by atoms with Crippen molar-refractivity contribution < 1.29 is 4.79 Å². The number of anilines is 2. The average molecular weight is 267 g/mol. The number of primary amides is 1. The van der Waals surface area contributed by atoms with E-state index in [4.69, 9.17) is 5.73 Å². The summed E-state index contributed by atoms with van der Waals surface area (Å²) in [6.07, 6.45) is 0.983. The van der Waals surface area contributed by atoms with Crippen molar-refractivity contribution >= 4 is 17.3 Å². The van der Waals surface area contributed by atoms with Gasteiger partial charge in [-0.15, -0.1) is 0 Å². The first-order valence-corrected chi connectivity index (χ1v) is 6.73. The highest BCUT2D eigenvalue weighted by atomic mass is 16.1. The van der Waals surface area contributed by atoms with Crippen LogP contribution in [0.4, 0.5) is 11.4 Å². The van der Waals surface area contributed by atoms with Gasteiger partial charge in [-0.05, 0) is 42.3 Å². The van der Waals surface area contributed by atoms with Gasteiger partial charge in [0.05, 0.1) is 11.3 Å². The Bertz CT molecular complexity index is 652. The molecule has 4 heteroatoms. The van der Waals surface area contributed by atoms with Crippen molar-refractivity contribution in [1.29, 1.82) is 0 Å². The molecule has 2 aromatic carbocycles. The van der Waals surface area contributed by atoms with Crippen molar-refractivity contribution in [2.45, 2.75) is 13.0 Å². The first kappa shape index (κ1) is 12.7. The molecule has 1 aliphatic rings. The standard InChI is InChI=1S/C16H17N3O/c17-16(20)13-5-1-2-6-15(13)19-14-7-3-4-11-10-18-9-8-12(11)14/h1-7,18-19H,8-10H2,(H2,17,20). The molecule has 4 nitrogen and oxygen atoms in total. The fraction of sp³-hybridized carbons (Fsp3) is 0.188. The molecule has 4 N–H and O–H groups in total. The predicted molar refractivity (Wildman–Crippen MR) is 80.1 cm³/mol. The maximum Gasteiger partial charge on any atom is 0.250 e. The second-order valence-electron chi connectivity index (χ2n) is 4.90. The van der Waals surface area contributed by atoms with Gasteiger partial charge in [-0.2, -0.15) is 0 Å². The molecule has 0 unspecified atom stereocenters. The summed E-state index contributed by atoms with van der Waals surface area (Å²) in [6, 6.07) is 13.5. The van der Waals surface area contributed by atoms with Crippen LogP contribution in [0.5, 0.6) is 0 Å². The molecule has 2 aromatic rings. The van der Waals surface area contributed by atoms with Crippen LogP contribution in [-0.2, 0) is 13.0 Å². The maximum absolute atomic E-state index is 11.5. The SMILES string of the molecule is NC(=O)c1ccccc1Nc1cccc2c1CCNC2. The normalized spacial score (nSPS) is 13.6. The van der Waals surface area contributed by atoms with Gasteiger partial charge in [0.15, 0.2) is 0 Å². The van der Waals surface area contributed by atoms with E-state index in [-0.39, 0.29) is 0 Å². The summed E-state index contributed by atoms with van der Waals surface area (Å²) in [7, 11) is 0. The minimum absolute atomic E-state index is 0.417. The number of amides is 1. The number of rotatable bonds is 3. The Balaban J connectivity index is 1.98. The van der Waals surface area contributed by atoms with Gasteiger partial charge in [-0.1, -0.05) is 24.3 Å². The van der Waals surface area contributed by atoms with Crippen LogP contribution in [0.25, 0.3) is 0 Å². The highest BCUT2D eigenvalue weighted by Gasteiger charge is 2.14. The van der Waals surface area contributed by atoms with Gasteiger partial charge in [0.25, 0.3) is 5.91 Å². The van der Waals surface area contributed by atoms with Crippen molar-refractivity contribution in [3.8, 4) is 0 Å². The third-order valence-corrected chi connectivity index (χ3v) is 3.60. The van der Waals surface area contributed by atoms with Gasteiger partial charge in [0.2, 0.25) is 0 Å². The molecule has 0 aromatic heterocycles. The van der Waals surface area contributed by atoms with E-state index < -0.39 is 5.91 Å². The van der Waals surface area contributed by atoms with E-state index in [1.807, 2.05) is 30.3 Å². The lowest BCUT2D eigenvalue weighted by molar-refractivity contribution is 0.100. The molecule has 0 saturated carbocycles. The van der Waals surface area contributed by atoms with Crippen LogP contribution >= 0.6 is 0 Å². The number of hydrogen-bond donors (Lipinski definition) is 3. The van der Waals surface area contributed by atoms with Crippen molar-refractivity contribution in [3.05, 3.63) is 59.2 Å². The Kier molecular flexibility index (Phi) is 3.39. The zero-order valence-corrected chi connectivity index (χ0v) is 11.1. The molecule has 3 rings (SSSR count). The minimum Gasteiger partial charge on any atom is -0.366 e. The van der Waals surface area contributed by atoms with Gasteiger partial charge >= 0.3 is 0 Å². The number of benzene rings is 2. The topological polar surface area (TPSA) is 67.2 Å². The summed E-state index contributed by atoms with van der Waals surface area (Å²) in [4.78, 5) is 11.5. The fourth-order valence-corrected chi connectivity index (χ4v) is 2.60.